The molecule has 1 saturated carbocycles. The maximum atomic E-state index is 6.09. The molecule has 1 fully saturated rings. The Labute approximate surface area is 92.7 Å². The maximum Gasteiger partial charge on any atom is 0.0889 e. The molecule has 0 nitrogen and oxygen atoms in total. The van der Waals surface area contributed by atoms with Crippen LogP contribution in [0.1, 0.15) is 40.0 Å². The van der Waals surface area contributed by atoms with E-state index in [-0.39, 0.29) is 0 Å². The summed E-state index contributed by atoms with van der Waals surface area (Å²) in [6, 6.07) is 0. The number of rotatable bonds is 2. The lowest BCUT2D eigenvalue weighted by molar-refractivity contribution is 0.243. The fourth-order valence-electron chi connectivity index (χ4n) is 2.38. The van der Waals surface area contributed by atoms with Gasteiger partial charge in [-0.2, -0.15) is 0 Å². The second-order valence-corrected chi connectivity index (χ2v) is 8.54. The van der Waals surface area contributed by atoms with Gasteiger partial charge in [0.05, 0.1) is 6.63 Å². The van der Waals surface area contributed by atoms with Crippen LogP contribution in [0.5, 0.6) is 0 Å². The predicted octanol–water partition coefficient (Wildman–Crippen LogP) is 5.24. The zero-order valence-electron chi connectivity index (χ0n) is 8.63. The van der Waals surface area contributed by atoms with Gasteiger partial charge >= 0.3 is 0 Å². The number of hydrogen-bond donors (Lipinski definition) is 0. The van der Waals surface area contributed by atoms with Gasteiger partial charge < -0.3 is 0 Å². The fourth-order valence-corrected chi connectivity index (χ4v) is 5.02. The van der Waals surface area contributed by atoms with E-state index in [0.717, 1.165) is 17.8 Å². The van der Waals surface area contributed by atoms with E-state index in [9.17, 15) is 0 Å². The zero-order valence-corrected chi connectivity index (χ0v) is 11.0. The average Bonchev–Trinajstić information content (AvgIpc) is 2.03. The molecular weight excluding hydrogens is 222 g/mol. The van der Waals surface area contributed by atoms with Crippen LogP contribution in [-0.2, 0) is 0 Å². The van der Waals surface area contributed by atoms with Crippen LogP contribution in [0.4, 0.5) is 0 Å². The van der Waals surface area contributed by atoms with Crippen molar-refractivity contribution in [3.63, 3.8) is 0 Å². The van der Waals surface area contributed by atoms with Gasteiger partial charge in [-0.05, 0) is 30.6 Å². The minimum absolute atomic E-state index is 0.585. The normalized spacial score (nSPS) is 35.8. The molecule has 0 aromatic heterocycles. The molecule has 0 bridgehead atoms. The van der Waals surface area contributed by atoms with Crippen molar-refractivity contribution in [1.29, 1.82) is 0 Å². The molecule has 0 radical (unpaired) electrons. The van der Waals surface area contributed by atoms with Crippen molar-refractivity contribution >= 4 is 29.1 Å². The van der Waals surface area contributed by atoms with Gasteiger partial charge in [-0.3, -0.25) is 0 Å². The first kappa shape index (κ1) is 12.1. The molecule has 1 aliphatic carbocycles. The lowest BCUT2D eigenvalue weighted by Gasteiger charge is -2.37. The summed E-state index contributed by atoms with van der Waals surface area (Å²) in [6.07, 6.45) is 3.92. The van der Waals surface area contributed by atoms with Gasteiger partial charge in [0.1, 0.15) is 0 Å². The van der Waals surface area contributed by atoms with Gasteiger partial charge in [0.2, 0.25) is 0 Å². The Balaban J connectivity index is 2.60. The first-order chi connectivity index (χ1) is 6.02. The molecule has 3 atom stereocenters. The Morgan fingerprint density at radius 2 is 1.85 bits per heavy atom. The molecule has 13 heavy (non-hydrogen) atoms. The number of hydrogen-bond acceptors (Lipinski definition) is 0. The quantitative estimate of drug-likeness (QED) is 0.580. The van der Waals surface area contributed by atoms with Crippen LogP contribution < -0.4 is 0 Å². The third-order valence-corrected chi connectivity index (χ3v) is 5.84. The van der Waals surface area contributed by atoms with Crippen LogP contribution in [0.25, 0.3) is 0 Å². The first-order valence-electron chi connectivity index (χ1n) is 5.13. The summed E-state index contributed by atoms with van der Waals surface area (Å²) in [6.45, 7) is 6.13. The Hall–Kier alpha value is 1.01. The first-order valence-corrected chi connectivity index (χ1v) is 8.35. The largest absolute Gasteiger partial charge is 0.0889 e. The maximum absolute atomic E-state index is 6.09. The van der Waals surface area contributed by atoms with E-state index >= 15 is 0 Å². The highest BCUT2D eigenvalue weighted by atomic mass is 35.9. The lowest BCUT2D eigenvalue weighted by atomic mass is 9.77. The second-order valence-electron chi connectivity index (χ2n) is 4.65. The molecule has 1 rings (SSSR count). The van der Waals surface area contributed by atoms with Gasteiger partial charge in [-0.25, -0.2) is 0 Å². The van der Waals surface area contributed by atoms with Crippen molar-refractivity contribution in [1.82, 2.24) is 0 Å². The highest BCUT2D eigenvalue weighted by molar-refractivity contribution is 8.04. The van der Waals surface area contributed by atoms with E-state index < -0.39 is 6.63 Å². The van der Waals surface area contributed by atoms with Crippen molar-refractivity contribution in [2.24, 2.45) is 17.8 Å². The minimum Gasteiger partial charge on any atom is -0.0778 e. The van der Waals surface area contributed by atoms with Crippen LogP contribution in [0.15, 0.2) is 0 Å². The van der Waals surface area contributed by atoms with Gasteiger partial charge in [0.25, 0.3) is 0 Å². The van der Waals surface area contributed by atoms with E-state index in [1.54, 1.807) is 0 Å². The molecular formula is C10H19Cl2P. The molecule has 78 valence electrons. The van der Waals surface area contributed by atoms with E-state index in [4.69, 9.17) is 22.5 Å². The highest BCUT2D eigenvalue weighted by Gasteiger charge is 2.34. The second kappa shape index (κ2) is 5.19. The molecule has 0 aromatic carbocycles. The van der Waals surface area contributed by atoms with Crippen LogP contribution in [-0.4, -0.2) is 5.66 Å². The van der Waals surface area contributed by atoms with Crippen LogP contribution in [0, 0.1) is 17.8 Å². The third-order valence-electron chi connectivity index (χ3n) is 3.24. The third kappa shape index (κ3) is 3.26. The van der Waals surface area contributed by atoms with E-state index in [0.29, 0.717) is 5.66 Å². The molecule has 0 unspecified atom stereocenters. The van der Waals surface area contributed by atoms with Crippen LogP contribution in [0.2, 0.25) is 0 Å². The Morgan fingerprint density at radius 1 is 1.23 bits per heavy atom. The molecule has 1 aliphatic rings. The molecule has 0 aliphatic heterocycles. The lowest BCUT2D eigenvalue weighted by Crippen LogP contribution is -2.29. The molecule has 3 heteroatoms. The summed E-state index contributed by atoms with van der Waals surface area (Å²) in [5.74, 6) is 2.32. The Kier molecular flexibility index (Phi) is 4.83. The van der Waals surface area contributed by atoms with Crippen molar-refractivity contribution in [3.8, 4) is 0 Å². The Bertz CT molecular complexity index is 159. The molecule has 0 amide bonds. The summed E-state index contributed by atoms with van der Waals surface area (Å²) < 4.78 is 0. The fraction of sp³-hybridized carbons (Fsp3) is 1.00. The summed E-state index contributed by atoms with van der Waals surface area (Å²) in [7, 11) is 0. The summed E-state index contributed by atoms with van der Waals surface area (Å²) >= 11 is 12.2. The molecule has 0 N–H and O–H groups in total. The van der Waals surface area contributed by atoms with Crippen LogP contribution >= 0.6 is 29.1 Å². The highest BCUT2D eigenvalue weighted by Crippen LogP contribution is 2.59. The molecule has 0 spiro atoms. The minimum atomic E-state index is -0.773. The van der Waals surface area contributed by atoms with Gasteiger partial charge in [-0.15, -0.1) is 0 Å². The summed E-state index contributed by atoms with van der Waals surface area (Å²) in [5, 5.41) is 0. The molecule has 0 saturated heterocycles. The van der Waals surface area contributed by atoms with E-state index in [1.807, 2.05) is 0 Å². The number of halogens is 2. The topological polar surface area (TPSA) is 0 Å². The van der Waals surface area contributed by atoms with Gasteiger partial charge in [0.15, 0.2) is 0 Å². The van der Waals surface area contributed by atoms with Gasteiger partial charge in [0, 0.05) is 5.66 Å². The molecule has 0 heterocycles. The van der Waals surface area contributed by atoms with Crippen molar-refractivity contribution in [2.75, 3.05) is 0 Å². The smallest absolute Gasteiger partial charge is 0.0778 e. The monoisotopic (exact) mass is 240 g/mol. The standard InChI is InChI=1S/C10H19Cl2P/c1-7(2)9-5-4-8(3)6-10(9)13(11)12/h7-10H,4-6H2,1-3H3/t8-,9+,10-/m1/s1. The average molecular weight is 241 g/mol. The van der Waals surface area contributed by atoms with E-state index in [1.165, 1.54) is 19.3 Å². The van der Waals surface area contributed by atoms with Gasteiger partial charge in [-0.1, -0.05) is 49.7 Å². The zero-order chi connectivity index (χ0) is 10.0. The molecule has 0 aromatic rings. The van der Waals surface area contributed by atoms with E-state index in [2.05, 4.69) is 20.8 Å². The van der Waals surface area contributed by atoms with Crippen molar-refractivity contribution < 1.29 is 0 Å². The Morgan fingerprint density at radius 3 is 2.31 bits per heavy atom. The predicted molar refractivity (Wildman–Crippen MR) is 63.8 cm³/mol. The summed E-state index contributed by atoms with van der Waals surface area (Å²) in [4.78, 5) is 0. The van der Waals surface area contributed by atoms with Crippen LogP contribution in [0.3, 0.4) is 0 Å². The van der Waals surface area contributed by atoms with Crippen molar-refractivity contribution in [2.45, 2.75) is 45.7 Å². The SMILES string of the molecule is CC(C)[C@@H]1CC[C@@H](C)C[C@H]1P(Cl)Cl. The van der Waals surface area contributed by atoms with Crippen molar-refractivity contribution in [3.05, 3.63) is 0 Å². The summed E-state index contributed by atoms with van der Waals surface area (Å²) in [5.41, 5.74) is 0.585.